The second-order valence-corrected chi connectivity index (χ2v) is 5.04. The largest absolute Gasteiger partial charge is 0.399 e. The van der Waals surface area contributed by atoms with Crippen molar-refractivity contribution in [1.82, 2.24) is 0 Å². The molecule has 0 unspecified atom stereocenters. The first kappa shape index (κ1) is 16.6. The number of anilines is 2. The van der Waals surface area contributed by atoms with Gasteiger partial charge in [0.1, 0.15) is 0 Å². The molecule has 0 saturated heterocycles. The Kier molecular flexibility index (Phi) is 5.39. The number of hydrogen-bond donors (Lipinski definition) is 2. The highest BCUT2D eigenvalue weighted by Crippen LogP contribution is 2.19. The summed E-state index contributed by atoms with van der Waals surface area (Å²) in [5.41, 5.74) is 16.9. The van der Waals surface area contributed by atoms with Crippen LogP contribution in [0.15, 0.2) is 83.9 Å². The van der Waals surface area contributed by atoms with Gasteiger partial charge in [-0.05, 0) is 36.4 Å². The molecule has 0 aliphatic rings. The molecule has 3 nitrogen and oxygen atoms in total. The molecule has 3 aromatic rings. The summed E-state index contributed by atoms with van der Waals surface area (Å²) in [5, 5.41) is 0. The number of benzene rings is 3. The van der Waals surface area contributed by atoms with Gasteiger partial charge < -0.3 is 11.5 Å². The number of para-hydroxylation sites is 1. The molecule has 3 rings (SSSR count). The van der Waals surface area contributed by atoms with Crippen molar-refractivity contribution in [3.05, 3.63) is 90.0 Å². The Hall–Kier alpha value is -2.78. The van der Waals surface area contributed by atoms with Crippen LogP contribution >= 0.6 is 12.4 Å². The van der Waals surface area contributed by atoms with Gasteiger partial charge in [-0.1, -0.05) is 42.5 Å². The van der Waals surface area contributed by atoms with Crippen LogP contribution in [0.2, 0.25) is 0 Å². The second kappa shape index (κ2) is 7.47. The minimum Gasteiger partial charge on any atom is -0.399 e. The molecule has 0 aliphatic carbocycles. The molecule has 0 aliphatic heterocycles. The van der Waals surface area contributed by atoms with E-state index >= 15 is 0 Å². The Labute approximate surface area is 142 Å². The Balaban J connectivity index is 0.00000192. The van der Waals surface area contributed by atoms with Crippen LogP contribution in [0.3, 0.4) is 0 Å². The van der Waals surface area contributed by atoms with Gasteiger partial charge in [-0.25, -0.2) is 4.99 Å². The van der Waals surface area contributed by atoms with E-state index < -0.39 is 0 Å². The van der Waals surface area contributed by atoms with Crippen LogP contribution < -0.4 is 11.5 Å². The van der Waals surface area contributed by atoms with Crippen molar-refractivity contribution in [2.75, 3.05) is 11.5 Å². The number of nitrogen functional groups attached to an aromatic ring is 2. The maximum atomic E-state index is 5.78. The topological polar surface area (TPSA) is 64.4 Å². The zero-order chi connectivity index (χ0) is 15.4. The Morgan fingerprint density at radius 3 is 1.48 bits per heavy atom. The van der Waals surface area contributed by atoms with Crippen molar-refractivity contribution in [3.63, 3.8) is 0 Å². The molecule has 0 bridgehead atoms. The number of halogens is 1. The maximum Gasteiger partial charge on any atom is 0.0781 e. The van der Waals surface area contributed by atoms with Gasteiger partial charge in [0, 0.05) is 22.5 Å². The summed E-state index contributed by atoms with van der Waals surface area (Å²) in [6.45, 7) is 0. The van der Waals surface area contributed by atoms with Gasteiger partial charge in [0.05, 0.1) is 11.4 Å². The molecule has 0 amide bonds. The second-order valence-electron chi connectivity index (χ2n) is 5.04. The van der Waals surface area contributed by atoms with E-state index in [4.69, 9.17) is 16.5 Å². The monoisotopic (exact) mass is 323 g/mol. The van der Waals surface area contributed by atoms with Crippen LogP contribution in [0.5, 0.6) is 0 Å². The van der Waals surface area contributed by atoms with E-state index in [2.05, 4.69) is 0 Å². The highest BCUT2D eigenvalue weighted by atomic mass is 35.5. The van der Waals surface area contributed by atoms with E-state index in [1.807, 2.05) is 78.9 Å². The minimum atomic E-state index is 0. The minimum absolute atomic E-state index is 0. The number of hydrogen-bond acceptors (Lipinski definition) is 3. The van der Waals surface area contributed by atoms with E-state index in [-0.39, 0.29) is 12.4 Å². The zero-order valence-corrected chi connectivity index (χ0v) is 13.3. The predicted molar refractivity (Wildman–Crippen MR) is 101 cm³/mol. The molecular weight excluding hydrogens is 306 g/mol. The Bertz CT molecular complexity index is 732. The van der Waals surface area contributed by atoms with Crippen LogP contribution in [0.4, 0.5) is 17.1 Å². The van der Waals surface area contributed by atoms with Crippen molar-refractivity contribution in [2.24, 2.45) is 4.99 Å². The first-order chi connectivity index (χ1) is 10.7. The molecule has 0 aromatic heterocycles. The maximum absolute atomic E-state index is 5.78. The fourth-order valence-electron chi connectivity index (χ4n) is 2.21. The molecule has 4 heteroatoms. The van der Waals surface area contributed by atoms with Crippen LogP contribution in [0.1, 0.15) is 11.1 Å². The van der Waals surface area contributed by atoms with Crippen LogP contribution in [-0.2, 0) is 0 Å². The molecular formula is C19H18ClN3. The number of nitrogens with zero attached hydrogens (tertiary/aromatic N) is 1. The van der Waals surface area contributed by atoms with Gasteiger partial charge in [-0.3, -0.25) is 0 Å². The predicted octanol–water partition coefficient (Wildman–Crippen LogP) is 4.44. The van der Waals surface area contributed by atoms with E-state index in [1.54, 1.807) is 0 Å². The van der Waals surface area contributed by atoms with Crippen molar-refractivity contribution in [2.45, 2.75) is 0 Å². The summed E-state index contributed by atoms with van der Waals surface area (Å²) >= 11 is 0. The summed E-state index contributed by atoms with van der Waals surface area (Å²) in [7, 11) is 0. The van der Waals surface area contributed by atoms with Gasteiger partial charge in [0.2, 0.25) is 0 Å². The zero-order valence-electron chi connectivity index (χ0n) is 12.5. The lowest BCUT2D eigenvalue weighted by Gasteiger charge is -2.09. The molecule has 0 saturated carbocycles. The molecule has 0 radical (unpaired) electrons. The summed E-state index contributed by atoms with van der Waals surface area (Å²) < 4.78 is 0. The SMILES string of the molecule is Cl.Nc1ccc(C(=Nc2ccccc2)c2ccc(N)cc2)cc1. The quantitative estimate of drug-likeness (QED) is 0.552. The average molecular weight is 324 g/mol. The molecule has 116 valence electrons. The molecule has 0 fully saturated rings. The van der Waals surface area contributed by atoms with E-state index in [0.717, 1.165) is 33.9 Å². The molecule has 0 spiro atoms. The van der Waals surface area contributed by atoms with Gasteiger partial charge >= 0.3 is 0 Å². The van der Waals surface area contributed by atoms with Crippen molar-refractivity contribution in [3.8, 4) is 0 Å². The summed E-state index contributed by atoms with van der Waals surface area (Å²) in [6.07, 6.45) is 0. The third kappa shape index (κ3) is 4.11. The highest BCUT2D eigenvalue weighted by Gasteiger charge is 2.07. The fourth-order valence-corrected chi connectivity index (χ4v) is 2.21. The third-order valence-electron chi connectivity index (χ3n) is 3.37. The van der Waals surface area contributed by atoms with Crippen molar-refractivity contribution < 1.29 is 0 Å². The highest BCUT2D eigenvalue weighted by molar-refractivity contribution is 6.14. The van der Waals surface area contributed by atoms with Gasteiger partial charge in [0.15, 0.2) is 0 Å². The Morgan fingerprint density at radius 1 is 0.609 bits per heavy atom. The summed E-state index contributed by atoms with van der Waals surface area (Å²) in [4.78, 5) is 4.79. The number of rotatable bonds is 3. The van der Waals surface area contributed by atoms with E-state index in [9.17, 15) is 0 Å². The van der Waals surface area contributed by atoms with Gasteiger partial charge in [-0.2, -0.15) is 0 Å². The van der Waals surface area contributed by atoms with Gasteiger partial charge in [0.25, 0.3) is 0 Å². The molecule has 0 heterocycles. The summed E-state index contributed by atoms with van der Waals surface area (Å²) in [5.74, 6) is 0. The third-order valence-corrected chi connectivity index (χ3v) is 3.37. The summed E-state index contributed by atoms with van der Waals surface area (Å²) in [6, 6.07) is 25.3. The molecule has 3 aromatic carbocycles. The van der Waals surface area contributed by atoms with E-state index in [1.165, 1.54) is 0 Å². The lowest BCUT2D eigenvalue weighted by molar-refractivity contribution is 1.47. The lowest BCUT2D eigenvalue weighted by Crippen LogP contribution is -2.03. The standard InChI is InChI=1S/C19H17N3.ClH/c20-16-10-6-14(7-11-16)19(15-8-12-17(21)13-9-15)22-18-4-2-1-3-5-18;/h1-13H,20-21H2;1H. The first-order valence-corrected chi connectivity index (χ1v) is 7.08. The molecule has 0 atom stereocenters. The van der Waals surface area contributed by atoms with Crippen LogP contribution in [-0.4, -0.2) is 5.71 Å². The normalized spacial score (nSPS) is 9.74. The number of nitrogens with two attached hydrogens (primary N) is 2. The lowest BCUT2D eigenvalue weighted by atomic mass is 10.0. The van der Waals surface area contributed by atoms with Crippen LogP contribution in [0, 0.1) is 0 Å². The molecule has 23 heavy (non-hydrogen) atoms. The smallest absolute Gasteiger partial charge is 0.0781 e. The Morgan fingerprint density at radius 2 is 1.04 bits per heavy atom. The molecule has 4 N–H and O–H groups in total. The average Bonchev–Trinajstić information content (AvgIpc) is 2.56. The van der Waals surface area contributed by atoms with E-state index in [0.29, 0.717) is 0 Å². The fraction of sp³-hybridized carbons (Fsp3) is 0. The van der Waals surface area contributed by atoms with Crippen molar-refractivity contribution >= 4 is 35.2 Å². The van der Waals surface area contributed by atoms with Gasteiger partial charge in [-0.15, -0.1) is 12.4 Å². The first-order valence-electron chi connectivity index (χ1n) is 7.08. The van der Waals surface area contributed by atoms with Crippen molar-refractivity contribution in [1.29, 1.82) is 0 Å². The number of aliphatic imine (C=N–C) groups is 1. The van der Waals surface area contributed by atoms with Crippen LogP contribution in [0.25, 0.3) is 0 Å².